The average molecular weight is 202 g/mol. The van der Waals surface area contributed by atoms with E-state index in [2.05, 4.69) is 0 Å². The third-order valence-corrected chi connectivity index (χ3v) is 2.36. The lowest BCUT2D eigenvalue weighted by molar-refractivity contribution is -0.140. The Morgan fingerprint density at radius 3 is 2.71 bits per heavy atom. The van der Waals surface area contributed by atoms with Crippen molar-refractivity contribution < 1.29 is 19.8 Å². The van der Waals surface area contributed by atoms with E-state index < -0.39 is 12.1 Å². The molecule has 1 saturated heterocycles. The Balaban J connectivity index is 2.64. The lowest BCUT2D eigenvalue weighted by atomic mass is 10.2. The number of carbonyl (C=O) groups is 2. The van der Waals surface area contributed by atoms with Gasteiger partial charge >= 0.3 is 6.09 Å². The molecule has 0 spiro atoms. The van der Waals surface area contributed by atoms with Crippen LogP contribution in [0.3, 0.4) is 0 Å². The zero-order valence-electron chi connectivity index (χ0n) is 8.01. The monoisotopic (exact) mass is 202 g/mol. The van der Waals surface area contributed by atoms with E-state index in [1.807, 2.05) is 0 Å². The number of aliphatic hydroxyl groups is 1. The highest BCUT2D eigenvalue weighted by atomic mass is 16.4. The van der Waals surface area contributed by atoms with Crippen LogP contribution in [0.5, 0.6) is 0 Å². The minimum Gasteiger partial charge on any atom is -0.465 e. The maximum Gasteiger partial charge on any atom is 0.408 e. The summed E-state index contributed by atoms with van der Waals surface area (Å²) >= 11 is 0. The molecule has 0 bridgehead atoms. The Bertz CT molecular complexity index is 243. The van der Waals surface area contributed by atoms with Crippen molar-refractivity contribution in [2.75, 3.05) is 26.2 Å². The first-order valence-electron chi connectivity index (χ1n) is 4.47. The number of aliphatic hydroxyl groups excluding tert-OH is 1. The van der Waals surface area contributed by atoms with E-state index in [0.717, 1.165) is 4.90 Å². The third kappa shape index (κ3) is 1.95. The zero-order chi connectivity index (χ0) is 10.7. The average Bonchev–Trinajstić information content (AvgIpc) is 2.13. The number of hydrogen-bond acceptors (Lipinski definition) is 3. The highest BCUT2D eigenvalue weighted by molar-refractivity contribution is 5.86. The Hall–Kier alpha value is -1.30. The first kappa shape index (κ1) is 10.8. The van der Waals surface area contributed by atoms with Gasteiger partial charge in [-0.2, -0.15) is 0 Å². The van der Waals surface area contributed by atoms with Gasteiger partial charge in [-0.3, -0.25) is 9.69 Å². The van der Waals surface area contributed by atoms with E-state index in [1.54, 1.807) is 6.92 Å². The van der Waals surface area contributed by atoms with Crippen molar-refractivity contribution in [1.82, 2.24) is 9.80 Å². The van der Waals surface area contributed by atoms with Crippen molar-refractivity contribution in [2.24, 2.45) is 0 Å². The topological polar surface area (TPSA) is 81.1 Å². The molecule has 0 aromatic heterocycles. The lowest BCUT2D eigenvalue weighted by Crippen LogP contribution is -2.57. The molecule has 1 aliphatic heterocycles. The maximum absolute atomic E-state index is 11.5. The molecule has 6 heteroatoms. The predicted octanol–water partition coefficient (Wildman–Crippen LogP) is -0.811. The van der Waals surface area contributed by atoms with Gasteiger partial charge in [0, 0.05) is 19.6 Å². The minimum atomic E-state index is -1.07. The van der Waals surface area contributed by atoms with Crippen LogP contribution in [0, 0.1) is 0 Å². The van der Waals surface area contributed by atoms with Crippen LogP contribution >= 0.6 is 0 Å². The summed E-state index contributed by atoms with van der Waals surface area (Å²) in [4.78, 5) is 24.8. The molecule has 0 saturated carbocycles. The Morgan fingerprint density at radius 1 is 1.57 bits per heavy atom. The van der Waals surface area contributed by atoms with Crippen LogP contribution in [0.1, 0.15) is 6.92 Å². The molecule has 14 heavy (non-hydrogen) atoms. The highest BCUT2D eigenvalue weighted by Crippen LogP contribution is 2.10. The Kier molecular flexibility index (Phi) is 3.29. The summed E-state index contributed by atoms with van der Waals surface area (Å²) in [5.41, 5.74) is 0. The van der Waals surface area contributed by atoms with Gasteiger partial charge in [0.25, 0.3) is 0 Å². The number of β-amino-alcohol motifs (C(OH)–C–C–N with tert-alkyl or cyclic N) is 1. The fourth-order valence-corrected chi connectivity index (χ4v) is 1.53. The second-order valence-corrected chi connectivity index (χ2v) is 3.20. The van der Waals surface area contributed by atoms with Gasteiger partial charge in [0.1, 0.15) is 6.04 Å². The van der Waals surface area contributed by atoms with Crippen LogP contribution in [0.2, 0.25) is 0 Å². The van der Waals surface area contributed by atoms with E-state index in [4.69, 9.17) is 10.2 Å². The smallest absolute Gasteiger partial charge is 0.408 e. The molecule has 1 aliphatic rings. The molecule has 0 aromatic rings. The van der Waals surface area contributed by atoms with Crippen molar-refractivity contribution in [3.05, 3.63) is 0 Å². The largest absolute Gasteiger partial charge is 0.465 e. The maximum atomic E-state index is 11.5. The molecule has 6 nitrogen and oxygen atoms in total. The molecule has 0 aromatic carbocycles. The number of carboxylic acid groups (broad SMARTS) is 1. The zero-order valence-corrected chi connectivity index (χ0v) is 8.01. The van der Waals surface area contributed by atoms with Gasteiger partial charge in [0.05, 0.1) is 6.61 Å². The van der Waals surface area contributed by atoms with Crippen LogP contribution in [0.25, 0.3) is 0 Å². The summed E-state index contributed by atoms with van der Waals surface area (Å²) < 4.78 is 0. The molecule has 0 aliphatic carbocycles. The molecule has 80 valence electrons. The lowest BCUT2D eigenvalue weighted by Gasteiger charge is -2.37. The normalized spacial score (nSPS) is 22.7. The molecule has 0 unspecified atom stereocenters. The molecule has 0 radical (unpaired) electrons. The number of rotatable bonds is 2. The summed E-state index contributed by atoms with van der Waals surface area (Å²) in [6.07, 6.45) is -1.07. The van der Waals surface area contributed by atoms with Crippen LogP contribution in [-0.2, 0) is 4.79 Å². The Labute approximate surface area is 81.7 Å². The minimum absolute atomic E-state index is 0.0917. The summed E-state index contributed by atoms with van der Waals surface area (Å²) in [7, 11) is 0. The molecular weight excluding hydrogens is 188 g/mol. The van der Waals surface area contributed by atoms with Gasteiger partial charge < -0.3 is 15.1 Å². The summed E-state index contributed by atoms with van der Waals surface area (Å²) in [6, 6.07) is -0.646. The fraction of sp³-hybridized carbons (Fsp3) is 0.750. The molecule has 1 rings (SSSR count). The SMILES string of the molecule is C[C@H]1C(=O)N(CCO)CCN1C(=O)O. The van der Waals surface area contributed by atoms with Crippen LogP contribution in [0.4, 0.5) is 4.79 Å². The standard InChI is InChI=1S/C8H14N2O4/c1-6-7(12)9(4-5-11)2-3-10(6)8(13)14/h6,11H,2-5H2,1H3,(H,13,14)/t6-/m0/s1. The fourth-order valence-electron chi connectivity index (χ4n) is 1.53. The predicted molar refractivity (Wildman–Crippen MR) is 47.9 cm³/mol. The van der Waals surface area contributed by atoms with Crippen molar-refractivity contribution in [3.63, 3.8) is 0 Å². The first-order chi connectivity index (χ1) is 6.57. The number of nitrogens with zero attached hydrogens (tertiary/aromatic N) is 2. The second kappa shape index (κ2) is 4.28. The van der Waals surface area contributed by atoms with Gasteiger partial charge in [0.15, 0.2) is 0 Å². The number of piperazine rings is 1. The molecule has 1 fully saturated rings. The van der Waals surface area contributed by atoms with Crippen molar-refractivity contribution in [2.45, 2.75) is 13.0 Å². The van der Waals surface area contributed by atoms with Crippen molar-refractivity contribution in [3.8, 4) is 0 Å². The molecule has 1 atom stereocenters. The van der Waals surface area contributed by atoms with Crippen LogP contribution in [-0.4, -0.2) is 64.3 Å². The molecule has 2 N–H and O–H groups in total. The quantitative estimate of drug-likeness (QED) is 0.613. The third-order valence-electron chi connectivity index (χ3n) is 2.36. The van der Waals surface area contributed by atoms with E-state index in [-0.39, 0.29) is 19.1 Å². The van der Waals surface area contributed by atoms with Crippen molar-refractivity contribution >= 4 is 12.0 Å². The molecular formula is C8H14N2O4. The van der Waals surface area contributed by atoms with E-state index in [9.17, 15) is 9.59 Å². The van der Waals surface area contributed by atoms with Crippen LogP contribution in [0.15, 0.2) is 0 Å². The number of carbonyl (C=O) groups excluding carboxylic acids is 1. The van der Waals surface area contributed by atoms with E-state index >= 15 is 0 Å². The van der Waals surface area contributed by atoms with Crippen LogP contribution < -0.4 is 0 Å². The van der Waals surface area contributed by atoms with Gasteiger partial charge in [0.2, 0.25) is 5.91 Å². The van der Waals surface area contributed by atoms with Gasteiger partial charge in [-0.25, -0.2) is 4.79 Å². The number of hydrogen-bond donors (Lipinski definition) is 2. The molecule has 1 heterocycles. The Morgan fingerprint density at radius 2 is 2.21 bits per heavy atom. The van der Waals surface area contributed by atoms with E-state index in [0.29, 0.717) is 13.1 Å². The summed E-state index contributed by atoms with van der Waals surface area (Å²) in [5.74, 6) is -0.243. The first-order valence-corrected chi connectivity index (χ1v) is 4.47. The van der Waals surface area contributed by atoms with Crippen molar-refractivity contribution in [1.29, 1.82) is 0 Å². The van der Waals surface area contributed by atoms with Gasteiger partial charge in [-0.05, 0) is 6.92 Å². The summed E-state index contributed by atoms with van der Waals surface area (Å²) in [5, 5.41) is 17.4. The highest BCUT2D eigenvalue weighted by Gasteiger charge is 2.33. The van der Waals surface area contributed by atoms with E-state index in [1.165, 1.54) is 4.90 Å². The van der Waals surface area contributed by atoms with Gasteiger partial charge in [-0.15, -0.1) is 0 Å². The molecule has 2 amide bonds. The van der Waals surface area contributed by atoms with Gasteiger partial charge in [-0.1, -0.05) is 0 Å². The number of amides is 2. The summed E-state index contributed by atoms with van der Waals surface area (Å²) in [6.45, 7) is 2.40. The second-order valence-electron chi connectivity index (χ2n) is 3.20.